The number of carbonyl (C=O) groups is 3. The van der Waals surface area contributed by atoms with Crippen molar-refractivity contribution in [3.63, 3.8) is 0 Å². The van der Waals surface area contributed by atoms with E-state index in [1.165, 1.54) is 0 Å². The van der Waals surface area contributed by atoms with Gasteiger partial charge in [0.05, 0.1) is 0 Å². The minimum Gasteiger partial charge on any atom is -0.444 e. The van der Waals surface area contributed by atoms with E-state index in [0.717, 1.165) is 5.56 Å². The summed E-state index contributed by atoms with van der Waals surface area (Å²) in [4.78, 5) is 37.4. The van der Waals surface area contributed by atoms with Gasteiger partial charge in [0.1, 0.15) is 11.6 Å². The van der Waals surface area contributed by atoms with E-state index in [2.05, 4.69) is 16.0 Å². The van der Waals surface area contributed by atoms with Gasteiger partial charge in [-0.05, 0) is 51.0 Å². The van der Waals surface area contributed by atoms with Crippen molar-refractivity contribution in [3.05, 3.63) is 65.2 Å². The molecule has 0 aromatic heterocycles. The molecule has 2 aromatic rings. The third-order valence-electron chi connectivity index (χ3n) is 4.35. The van der Waals surface area contributed by atoms with E-state index in [-0.39, 0.29) is 5.91 Å². The molecule has 0 spiro atoms. The third kappa shape index (κ3) is 6.62. The number of amides is 3. The van der Waals surface area contributed by atoms with Crippen LogP contribution in [0.2, 0.25) is 0 Å². The minimum absolute atomic E-state index is 0.240. The second kappa shape index (κ2) is 9.91. The highest BCUT2D eigenvalue weighted by molar-refractivity contribution is 6.01. The summed E-state index contributed by atoms with van der Waals surface area (Å²) in [6.45, 7) is 7.03. The summed E-state index contributed by atoms with van der Waals surface area (Å²) in [5, 5.41) is 8.07. The second-order valence-corrected chi connectivity index (χ2v) is 7.94. The predicted octanol–water partition coefficient (Wildman–Crippen LogP) is 3.43. The van der Waals surface area contributed by atoms with Gasteiger partial charge in [-0.1, -0.05) is 36.4 Å². The number of carbonyl (C=O) groups excluding carboxylic acids is 3. The van der Waals surface area contributed by atoms with Crippen LogP contribution in [0.5, 0.6) is 0 Å². The molecule has 2 aromatic carbocycles. The lowest BCUT2D eigenvalue weighted by Gasteiger charge is -2.24. The first-order chi connectivity index (χ1) is 14.1. The molecule has 0 heterocycles. The molecule has 30 heavy (non-hydrogen) atoms. The summed E-state index contributed by atoms with van der Waals surface area (Å²) in [7, 11) is 1.55. The number of ether oxygens (including phenoxy) is 1. The normalized spacial score (nSPS) is 11.9. The number of hydrogen-bond acceptors (Lipinski definition) is 4. The molecule has 0 radical (unpaired) electrons. The fourth-order valence-corrected chi connectivity index (χ4v) is 2.88. The summed E-state index contributed by atoms with van der Waals surface area (Å²) >= 11 is 0. The first-order valence-electron chi connectivity index (χ1n) is 9.76. The van der Waals surface area contributed by atoms with Crippen molar-refractivity contribution in [2.24, 2.45) is 0 Å². The van der Waals surface area contributed by atoms with Gasteiger partial charge in [-0.25, -0.2) is 4.79 Å². The maximum absolute atomic E-state index is 13.0. The van der Waals surface area contributed by atoms with E-state index in [9.17, 15) is 14.4 Å². The maximum atomic E-state index is 13.0. The molecule has 7 nitrogen and oxygen atoms in total. The van der Waals surface area contributed by atoms with Gasteiger partial charge in [0.25, 0.3) is 5.91 Å². The molecule has 1 unspecified atom stereocenters. The van der Waals surface area contributed by atoms with Crippen molar-refractivity contribution in [2.75, 3.05) is 12.4 Å². The lowest BCUT2D eigenvalue weighted by atomic mass is 10.0. The van der Waals surface area contributed by atoms with Gasteiger partial charge in [-0.3, -0.25) is 9.59 Å². The Labute approximate surface area is 177 Å². The molecule has 3 N–H and O–H groups in total. The molecule has 2 rings (SSSR count). The Hall–Kier alpha value is -3.35. The van der Waals surface area contributed by atoms with E-state index in [1.807, 2.05) is 30.3 Å². The van der Waals surface area contributed by atoms with Crippen molar-refractivity contribution in [1.82, 2.24) is 10.6 Å². The quantitative estimate of drug-likeness (QED) is 0.678. The molecule has 0 fully saturated rings. The predicted molar refractivity (Wildman–Crippen MR) is 117 cm³/mol. The van der Waals surface area contributed by atoms with Crippen LogP contribution in [0, 0.1) is 6.92 Å². The molecular weight excluding hydrogens is 382 g/mol. The molecule has 160 valence electrons. The largest absolute Gasteiger partial charge is 0.444 e. The number of nitrogens with one attached hydrogen (secondary N) is 3. The van der Waals surface area contributed by atoms with E-state index in [0.29, 0.717) is 23.2 Å². The van der Waals surface area contributed by atoms with Gasteiger partial charge >= 0.3 is 6.09 Å². The molecule has 1 atom stereocenters. The van der Waals surface area contributed by atoms with Gasteiger partial charge in [0.2, 0.25) is 5.91 Å². The zero-order valence-electron chi connectivity index (χ0n) is 18.0. The van der Waals surface area contributed by atoms with Crippen LogP contribution in [0.1, 0.15) is 42.3 Å². The minimum atomic E-state index is -0.856. The molecule has 0 saturated carbocycles. The fourth-order valence-electron chi connectivity index (χ4n) is 2.88. The first-order valence-corrected chi connectivity index (χ1v) is 9.76. The van der Waals surface area contributed by atoms with Gasteiger partial charge in [-0.15, -0.1) is 0 Å². The van der Waals surface area contributed by atoms with Crippen molar-refractivity contribution >= 4 is 23.6 Å². The molecule has 0 aliphatic heterocycles. The van der Waals surface area contributed by atoms with Gasteiger partial charge < -0.3 is 20.7 Å². The highest BCUT2D eigenvalue weighted by atomic mass is 16.6. The van der Waals surface area contributed by atoms with Crippen molar-refractivity contribution in [3.8, 4) is 0 Å². The summed E-state index contributed by atoms with van der Waals surface area (Å²) in [6.07, 6.45) is -0.380. The zero-order valence-corrected chi connectivity index (χ0v) is 18.0. The van der Waals surface area contributed by atoms with Crippen LogP contribution in [0.4, 0.5) is 10.5 Å². The first kappa shape index (κ1) is 22.9. The summed E-state index contributed by atoms with van der Waals surface area (Å²) in [5.74, 6) is -0.641. The molecular formula is C23H29N3O4. The van der Waals surface area contributed by atoms with Gasteiger partial charge in [0.15, 0.2) is 0 Å². The molecule has 0 bridgehead atoms. The fraction of sp³-hybridized carbons (Fsp3) is 0.348. The highest BCUT2D eigenvalue weighted by Crippen LogP contribution is 2.20. The molecule has 0 saturated heterocycles. The SMILES string of the molecule is CNC(=O)c1cccc(NC(=O)C(Cc2ccccc2)NC(=O)OC(C)(C)C)c1C. The summed E-state index contributed by atoms with van der Waals surface area (Å²) < 4.78 is 5.31. The molecule has 0 aliphatic carbocycles. The van der Waals surface area contributed by atoms with Gasteiger partial charge in [-0.2, -0.15) is 0 Å². The van der Waals surface area contributed by atoms with Crippen LogP contribution in [0.15, 0.2) is 48.5 Å². The summed E-state index contributed by atoms with van der Waals surface area (Å²) in [5.41, 5.74) is 1.82. The smallest absolute Gasteiger partial charge is 0.408 e. The Morgan fingerprint density at radius 2 is 1.67 bits per heavy atom. The van der Waals surface area contributed by atoms with Crippen LogP contribution in [-0.2, 0) is 16.0 Å². The number of alkyl carbamates (subject to hydrolysis) is 1. The van der Waals surface area contributed by atoms with E-state index < -0.39 is 23.6 Å². The number of benzene rings is 2. The molecule has 3 amide bonds. The monoisotopic (exact) mass is 411 g/mol. The number of hydrogen-bond donors (Lipinski definition) is 3. The van der Waals surface area contributed by atoms with E-state index in [4.69, 9.17) is 4.74 Å². The van der Waals surface area contributed by atoms with E-state index in [1.54, 1.807) is 52.9 Å². The molecule has 0 aliphatic rings. The lowest BCUT2D eigenvalue weighted by molar-refractivity contribution is -0.118. The Bertz CT molecular complexity index is 904. The van der Waals surface area contributed by atoms with Crippen molar-refractivity contribution < 1.29 is 19.1 Å². The Morgan fingerprint density at radius 3 is 2.27 bits per heavy atom. The zero-order chi connectivity index (χ0) is 22.3. The van der Waals surface area contributed by atoms with Crippen LogP contribution < -0.4 is 16.0 Å². The Kier molecular flexibility index (Phi) is 7.58. The third-order valence-corrected chi connectivity index (χ3v) is 4.35. The average Bonchev–Trinajstić information content (AvgIpc) is 2.67. The van der Waals surface area contributed by atoms with Crippen molar-refractivity contribution in [1.29, 1.82) is 0 Å². The summed E-state index contributed by atoms with van der Waals surface area (Å²) in [6, 6.07) is 13.6. The number of rotatable bonds is 6. The maximum Gasteiger partial charge on any atom is 0.408 e. The topological polar surface area (TPSA) is 96.5 Å². The standard InChI is InChI=1S/C23H29N3O4/c1-15-17(20(27)24-5)12-9-13-18(15)25-21(28)19(14-16-10-7-6-8-11-16)26-22(29)30-23(2,3)4/h6-13,19H,14H2,1-5H3,(H,24,27)(H,25,28)(H,26,29). The molecule has 7 heteroatoms. The van der Waals surface area contributed by atoms with Crippen LogP contribution in [-0.4, -0.2) is 36.6 Å². The van der Waals surface area contributed by atoms with E-state index >= 15 is 0 Å². The highest BCUT2D eigenvalue weighted by Gasteiger charge is 2.25. The number of anilines is 1. The van der Waals surface area contributed by atoms with Crippen LogP contribution in [0.25, 0.3) is 0 Å². The lowest BCUT2D eigenvalue weighted by Crippen LogP contribution is -2.47. The van der Waals surface area contributed by atoms with Gasteiger partial charge in [0, 0.05) is 24.7 Å². The van der Waals surface area contributed by atoms with Crippen molar-refractivity contribution in [2.45, 2.75) is 45.8 Å². The van der Waals surface area contributed by atoms with Crippen LogP contribution in [0.3, 0.4) is 0 Å². The van der Waals surface area contributed by atoms with Crippen LogP contribution >= 0.6 is 0 Å². The Balaban J connectivity index is 2.24. The average molecular weight is 412 g/mol. The Morgan fingerprint density at radius 1 is 1.00 bits per heavy atom. The second-order valence-electron chi connectivity index (χ2n) is 7.94.